The number of amides is 1. The molecule has 3 aromatic carbocycles. The third-order valence-corrected chi connectivity index (χ3v) is 4.02. The number of carbonyl (C=O) groups is 2. The van der Waals surface area contributed by atoms with Crippen LogP contribution in [0.15, 0.2) is 72.8 Å². The molecule has 0 aliphatic heterocycles. The molecule has 27 heavy (non-hydrogen) atoms. The zero-order chi connectivity index (χ0) is 19.2. The molecule has 3 aromatic rings. The van der Waals surface area contributed by atoms with E-state index in [1.54, 1.807) is 66.7 Å². The molecule has 0 aliphatic rings. The summed E-state index contributed by atoms with van der Waals surface area (Å²) in [6.07, 6.45) is 0. The Balaban J connectivity index is 1.80. The normalized spacial score (nSPS) is 10.3. The Morgan fingerprint density at radius 1 is 0.963 bits per heavy atom. The van der Waals surface area contributed by atoms with Crippen molar-refractivity contribution >= 4 is 29.2 Å². The van der Waals surface area contributed by atoms with Gasteiger partial charge in [-0.3, -0.25) is 4.79 Å². The lowest BCUT2D eigenvalue weighted by molar-refractivity contribution is -0.139. The van der Waals surface area contributed by atoms with Crippen LogP contribution in [0.4, 0.5) is 5.69 Å². The summed E-state index contributed by atoms with van der Waals surface area (Å²) in [5, 5.41) is 12.2. The summed E-state index contributed by atoms with van der Waals surface area (Å²) in [6, 6.07) is 21.0. The van der Waals surface area contributed by atoms with Crippen molar-refractivity contribution in [3.05, 3.63) is 83.4 Å². The maximum absolute atomic E-state index is 12.2. The fourth-order valence-corrected chi connectivity index (χ4v) is 2.69. The van der Waals surface area contributed by atoms with Gasteiger partial charge in [-0.05, 0) is 48.0 Å². The first-order valence-electron chi connectivity index (χ1n) is 8.14. The van der Waals surface area contributed by atoms with Crippen LogP contribution in [-0.2, 0) is 4.79 Å². The van der Waals surface area contributed by atoms with E-state index in [0.29, 0.717) is 27.6 Å². The van der Waals surface area contributed by atoms with Crippen molar-refractivity contribution in [2.75, 3.05) is 11.9 Å². The molecule has 1 amide bonds. The smallest absolute Gasteiger partial charge is 0.341 e. The fourth-order valence-electron chi connectivity index (χ4n) is 2.52. The molecule has 0 bridgehead atoms. The SMILES string of the molecule is O=C(O)COc1ccc(Cl)cc1-c1ccc(NC(=O)c2ccccc2)cc1. The number of carboxylic acid groups (broad SMARTS) is 1. The first kappa shape index (κ1) is 18.5. The van der Waals surface area contributed by atoms with Crippen molar-refractivity contribution in [2.24, 2.45) is 0 Å². The third kappa shape index (κ3) is 4.86. The van der Waals surface area contributed by atoms with Crippen molar-refractivity contribution in [3.8, 4) is 16.9 Å². The van der Waals surface area contributed by atoms with Gasteiger partial charge in [-0.15, -0.1) is 0 Å². The highest BCUT2D eigenvalue weighted by Gasteiger charge is 2.10. The molecule has 0 fully saturated rings. The van der Waals surface area contributed by atoms with Crippen molar-refractivity contribution in [1.29, 1.82) is 0 Å². The lowest BCUT2D eigenvalue weighted by atomic mass is 10.0. The molecule has 0 saturated carbocycles. The lowest BCUT2D eigenvalue weighted by Crippen LogP contribution is -2.11. The Bertz CT molecular complexity index is 956. The van der Waals surface area contributed by atoms with Crippen LogP contribution in [0.1, 0.15) is 10.4 Å². The summed E-state index contributed by atoms with van der Waals surface area (Å²) < 4.78 is 5.33. The van der Waals surface area contributed by atoms with Gasteiger partial charge in [-0.1, -0.05) is 41.9 Å². The minimum Gasteiger partial charge on any atom is -0.481 e. The number of halogens is 1. The van der Waals surface area contributed by atoms with Crippen molar-refractivity contribution in [3.63, 3.8) is 0 Å². The van der Waals surface area contributed by atoms with E-state index >= 15 is 0 Å². The zero-order valence-electron chi connectivity index (χ0n) is 14.2. The summed E-state index contributed by atoms with van der Waals surface area (Å²) in [4.78, 5) is 23.0. The van der Waals surface area contributed by atoms with E-state index in [4.69, 9.17) is 21.4 Å². The third-order valence-electron chi connectivity index (χ3n) is 3.78. The standard InChI is InChI=1S/C21H16ClNO4/c22-16-8-11-19(27-13-20(24)25)18(12-16)14-6-9-17(10-7-14)23-21(26)15-4-2-1-3-5-15/h1-12H,13H2,(H,23,26)(H,24,25). The molecule has 0 radical (unpaired) electrons. The molecule has 0 unspecified atom stereocenters. The summed E-state index contributed by atoms with van der Waals surface area (Å²) >= 11 is 6.07. The van der Waals surface area contributed by atoms with E-state index in [0.717, 1.165) is 5.56 Å². The molecule has 0 aromatic heterocycles. The Labute approximate surface area is 161 Å². The molecular weight excluding hydrogens is 366 g/mol. The van der Waals surface area contributed by atoms with Gasteiger partial charge >= 0.3 is 5.97 Å². The van der Waals surface area contributed by atoms with Crippen LogP contribution < -0.4 is 10.1 Å². The topological polar surface area (TPSA) is 75.6 Å². The molecule has 0 heterocycles. The minimum atomic E-state index is -1.06. The average Bonchev–Trinajstić information content (AvgIpc) is 2.68. The van der Waals surface area contributed by atoms with E-state index < -0.39 is 12.6 Å². The van der Waals surface area contributed by atoms with Crippen LogP contribution >= 0.6 is 11.6 Å². The molecule has 0 aliphatic carbocycles. The summed E-state index contributed by atoms with van der Waals surface area (Å²) in [5.74, 6) is -0.839. The van der Waals surface area contributed by atoms with Crippen LogP contribution in [0.5, 0.6) is 5.75 Å². The van der Waals surface area contributed by atoms with E-state index in [2.05, 4.69) is 5.32 Å². The van der Waals surface area contributed by atoms with Gasteiger partial charge in [-0.25, -0.2) is 4.79 Å². The maximum Gasteiger partial charge on any atom is 0.341 e. The second-order valence-electron chi connectivity index (χ2n) is 5.72. The molecular formula is C21H16ClNO4. The molecule has 0 spiro atoms. The van der Waals surface area contributed by atoms with Crippen LogP contribution in [0.3, 0.4) is 0 Å². The Hall–Kier alpha value is -3.31. The average molecular weight is 382 g/mol. The van der Waals surface area contributed by atoms with Gasteiger partial charge in [0.15, 0.2) is 6.61 Å². The van der Waals surface area contributed by atoms with Gasteiger partial charge in [0.1, 0.15) is 5.75 Å². The molecule has 5 nitrogen and oxygen atoms in total. The maximum atomic E-state index is 12.2. The van der Waals surface area contributed by atoms with Crippen LogP contribution in [-0.4, -0.2) is 23.6 Å². The first-order chi connectivity index (χ1) is 13.0. The number of carbonyl (C=O) groups excluding carboxylic acids is 1. The van der Waals surface area contributed by atoms with Gasteiger partial charge in [0.05, 0.1) is 0 Å². The van der Waals surface area contributed by atoms with Crippen molar-refractivity contribution < 1.29 is 19.4 Å². The Kier molecular flexibility index (Phi) is 5.74. The number of anilines is 1. The highest BCUT2D eigenvalue weighted by Crippen LogP contribution is 2.33. The zero-order valence-corrected chi connectivity index (χ0v) is 14.9. The number of nitrogens with one attached hydrogen (secondary N) is 1. The lowest BCUT2D eigenvalue weighted by Gasteiger charge is -2.12. The summed E-state index contributed by atoms with van der Waals surface area (Å²) in [7, 11) is 0. The Morgan fingerprint density at radius 3 is 2.33 bits per heavy atom. The molecule has 0 saturated heterocycles. The van der Waals surface area contributed by atoms with E-state index in [-0.39, 0.29) is 5.91 Å². The Morgan fingerprint density at radius 2 is 1.67 bits per heavy atom. The molecule has 2 N–H and O–H groups in total. The number of hydrogen-bond donors (Lipinski definition) is 2. The van der Waals surface area contributed by atoms with Gasteiger partial charge < -0.3 is 15.2 Å². The van der Waals surface area contributed by atoms with Crippen molar-refractivity contribution in [1.82, 2.24) is 0 Å². The molecule has 6 heteroatoms. The minimum absolute atomic E-state index is 0.198. The van der Waals surface area contributed by atoms with E-state index in [1.165, 1.54) is 0 Å². The van der Waals surface area contributed by atoms with Gasteiger partial charge in [0.2, 0.25) is 0 Å². The molecule has 3 rings (SSSR count). The number of benzene rings is 3. The first-order valence-corrected chi connectivity index (χ1v) is 8.52. The number of ether oxygens (including phenoxy) is 1. The second-order valence-corrected chi connectivity index (χ2v) is 6.16. The van der Waals surface area contributed by atoms with Gasteiger partial charge in [-0.2, -0.15) is 0 Å². The second kappa shape index (κ2) is 8.38. The molecule has 0 atom stereocenters. The van der Waals surface area contributed by atoms with Crippen LogP contribution in [0, 0.1) is 0 Å². The van der Waals surface area contributed by atoms with Crippen LogP contribution in [0.2, 0.25) is 5.02 Å². The number of hydrogen-bond acceptors (Lipinski definition) is 3. The highest BCUT2D eigenvalue weighted by atomic mass is 35.5. The predicted molar refractivity (Wildman–Crippen MR) is 104 cm³/mol. The van der Waals surface area contributed by atoms with E-state index in [9.17, 15) is 9.59 Å². The number of aliphatic carboxylic acids is 1. The largest absolute Gasteiger partial charge is 0.481 e. The number of rotatable bonds is 6. The van der Waals surface area contributed by atoms with Crippen molar-refractivity contribution in [2.45, 2.75) is 0 Å². The number of carboxylic acids is 1. The van der Waals surface area contributed by atoms with Crippen LogP contribution in [0.25, 0.3) is 11.1 Å². The highest BCUT2D eigenvalue weighted by molar-refractivity contribution is 6.31. The predicted octanol–water partition coefficient (Wildman–Crippen LogP) is 4.72. The molecule has 136 valence electrons. The van der Waals surface area contributed by atoms with Gasteiger partial charge in [0, 0.05) is 21.8 Å². The fraction of sp³-hybridized carbons (Fsp3) is 0.0476. The van der Waals surface area contributed by atoms with Gasteiger partial charge in [0.25, 0.3) is 5.91 Å². The monoisotopic (exact) mass is 381 g/mol. The quantitative estimate of drug-likeness (QED) is 0.647. The summed E-state index contributed by atoms with van der Waals surface area (Å²) in [6.45, 7) is -0.445. The van der Waals surface area contributed by atoms with E-state index in [1.807, 2.05) is 6.07 Å². The summed E-state index contributed by atoms with van der Waals surface area (Å²) in [5.41, 5.74) is 2.67.